The van der Waals surface area contributed by atoms with Crippen molar-refractivity contribution in [2.24, 2.45) is 0 Å². The molecule has 0 unspecified atom stereocenters. The average molecular weight is 449 g/mol. The largest absolute Gasteiger partial charge is 0.462 e. The second-order valence-electron chi connectivity index (χ2n) is 8.92. The Morgan fingerprint density at radius 1 is 1.03 bits per heavy atom. The van der Waals surface area contributed by atoms with E-state index in [9.17, 15) is 9.59 Å². The molecular formula is C24H36O4SSi. The maximum atomic E-state index is 12.5. The second-order valence-corrected chi connectivity index (χ2v) is 15.4. The molecule has 4 nitrogen and oxygen atoms in total. The lowest BCUT2D eigenvalue weighted by Gasteiger charge is -2.42. The summed E-state index contributed by atoms with van der Waals surface area (Å²) in [5.74, 6) is -0.327. The Morgan fingerprint density at radius 3 is 2.07 bits per heavy atom. The number of hydrogen-bond acceptors (Lipinski definition) is 5. The quantitative estimate of drug-likeness (QED) is 0.230. The van der Waals surface area contributed by atoms with Gasteiger partial charge in [0, 0.05) is 15.6 Å². The van der Waals surface area contributed by atoms with E-state index in [1.165, 1.54) is 11.3 Å². The zero-order valence-corrected chi connectivity index (χ0v) is 21.7. The number of carbonyl (C=O) groups is 2. The third-order valence-electron chi connectivity index (χ3n) is 6.19. The summed E-state index contributed by atoms with van der Waals surface area (Å²) in [6, 6.07) is 3.87. The van der Waals surface area contributed by atoms with E-state index in [0.717, 1.165) is 21.2 Å². The number of ether oxygens (including phenoxy) is 1. The molecule has 0 aliphatic heterocycles. The topological polar surface area (TPSA) is 52.6 Å². The molecule has 0 radical (unpaired) electrons. The van der Waals surface area contributed by atoms with Crippen LogP contribution in [-0.2, 0) is 15.8 Å². The molecule has 0 aliphatic carbocycles. The lowest BCUT2D eigenvalue weighted by Crippen LogP contribution is -2.47. The van der Waals surface area contributed by atoms with Crippen LogP contribution in [0.4, 0.5) is 0 Å². The van der Waals surface area contributed by atoms with Gasteiger partial charge < -0.3 is 9.16 Å². The number of thiophene rings is 1. The number of hydrogen-bond donors (Lipinski definition) is 0. The van der Waals surface area contributed by atoms with Crippen molar-refractivity contribution in [3.8, 4) is 0 Å². The fourth-order valence-corrected chi connectivity index (χ4v) is 11.6. The third kappa shape index (κ3) is 4.41. The van der Waals surface area contributed by atoms with Crippen LogP contribution >= 0.6 is 11.3 Å². The van der Waals surface area contributed by atoms with Crippen molar-refractivity contribution in [3.05, 3.63) is 33.7 Å². The van der Waals surface area contributed by atoms with Crippen LogP contribution in [0.15, 0.2) is 12.1 Å². The zero-order valence-electron chi connectivity index (χ0n) is 19.8. The summed E-state index contributed by atoms with van der Waals surface area (Å²) in [7, 11) is -2.03. The molecule has 0 spiro atoms. The highest BCUT2D eigenvalue weighted by molar-refractivity contribution is 7.21. The standard InChI is InChI=1S/C24H36O4SSi/c1-10-27-24(26)22-17(8)21-19(11-12-20(18(9)25)23(21)29-22)13-28-30(14(2)3,15(4)5)16(6)7/h11-12,14-16H,10,13H2,1-9H3. The Morgan fingerprint density at radius 2 is 1.60 bits per heavy atom. The van der Waals surface area contributed by atoms with E-state index in [4.69, 9.17) is 9.16 Å². The van der Waals surface area contributed by atoms with E-state index in [2.05, 4.69) is 41.5 Å². The van der Waals surface area contributed by atoms with Crippen LogP contribution in [-0.4, -0.2) is 26.7 Å². The fraction of sp³-hybridized carbons (Fsp3) is 0.583. The van der Waals surface area contributed by atoms with E-state index >= 15 is 0 Å². The molecule has 0 aliphatic rings. The van der Waals surface area contributed by atoms with Gasteiger partial charge in [-0.3, -0.25) is 4.79 Å². The van der Waals surface area contributed by atoms with Crippen LogP contribution in [0.25, 0.3) is 10.1 Å². The molecule has 166 valence electrons. The number of Topliss-reactive ketones (excluding diaryl/α,β-unsaturated/α-hetero) is 1. The summed E-state index contributed by atoms with van der Waals surface area (Å²) in [5, 5.41) is 0.968. The van der Waals surface area contributed by atoms with Gasteiger partial charge in [0.05, 0.1) is 13.2 Å². The minimum Gasteiger partial charge on any atom is -0.462 e. The average Bonchev–Trinajstić information content (AvgIpc) is 2.99. The first kappa shape index (κ1) is 24.8. The fourth-order valence-electron chi connectivity index (χ4n) is 4.92. The Kier molecular flexibility index (Phi) is 8.05. The van der Waals surface area contributed by atoms with E-state index in [1.807, 2.05) is 19.1 Å². The maximum Gasteiger partial charge on any atom is 0.348 e. The Hall–Kier alpha value is -1.50. The third-order valence-corrected chi connectivity index (χ3v) is 13.6. The van der Waals surface area contributed by atoms with Crippen LogP contribution in [0.3, 0.4) is 0 Å². The molecular weight excluding hydrogens is 412 g/mol. The normalized spacial score (nSPS) is 12.4. The first-order valence-electron chi connectivity index (χ1n) is 10.9. The number of fused-ring (bicyclic) bond motifs is 1. The van der Waals surface area contributed by atoms with E-state index in [1.54, 1.807) is 13.8 Å². The number of ketones is 1. The summed E-state index contributed by atoms with van der Waals surface area (Å²) < 4.78 is 12.9. The lowest BCUT2D eigenvalue weighted by molar-refractivity contribution is 0.0531. The van der Waals surface area contributed by atoms with Gasteiger partial charge in [0.25, 0.3) is 0 Å². The summed E-state index contributed by atoms with van der Waals surface area (Å²) in [5.41, 5.74) is 4.03. The minimum atomic E-state index is -2.03. The molecule has 1 aromatic heterocycles. The SMILES string of the molecule is CCOC(=O)c1sc2c(C(C)=O)ccc(CO[Si](C(C)C)(C(C)C)C(C)C)c2c1C. The van der Waals surface area contributed by atoms with Crippen molar-refractivity contribution < 1.29 is 18.8 Å². The van der Waals surface area contributed by atoms with Gasteiger partial charge in [-0.05, 0) is 54.6 Å². The van der Waals surface area contributed by atoms with Crippen molar-refractivity contribution in [1.82, 2.24) is 0 Å². The molecule has 1 heterocycles. The Labute approximate surface area is 186 Å². The van der Waals surface area contributed by atoms with Crippen LogP contribution in [0.5, 0.6) is 0 Å². The highest BCUT2D eigenvalue weighted by Gasteiger charge is 2.45. The van der Waals surface area contributed by atoms with Crippen LogP contribution < -0.4 is 0 Å². The second kappa shape index (κ2) is 9.75. The van der Waals surface area contributed by atoms with Gasteiger partial charge in [-0.2, -0.15) is 0 Å². The molecule has 0 bridgehead atoms. The number of benzene rings is 1. The Balaban J connectivity index is 2.61. The number of aryl methyl sites for hydroxylation is 1. The van der Waals surface area contributed by atoms with Crippen molar-refractivity contribution in [3.63, 3.8) is 0 Å². The summed E-state index contributed by atoms with van der Waals surface area (Å²) >= 11 is 1.35. The van der Waals surface area contributed by atoms with Crippen molar-refractivity contribution in [2.45, 2.75) is 85.5 Å². The number of carbonyl (C=O) groups excluding carboxylic acids is 2. The molecule has 30 heavy (non-hydrogen) atoms. The van der Waals surface area contributed by atoms with Crippen LogP contribution in [0, 0.1) is 6.92 Å². The number of esters is 1. The van der Waals surface area contributed by atoms with E-state index in [0.29, 0.717) is 40.3 Å². The Bertz CT molecular complexity index is 905. The van der Waals surface area contributed by atoms with Gasteiger partial charge >= 0.3 is 5.97 Å². The van der Waals surface area contributed by atoms with E-state index in [-0.39, 0.29) is 11.8 Å². The molecule has 6 heteroatoms. The predicted molar refractivity (Wildman–Crippen MR) is 128 cm³/mol. The minimum absolute atomic E-state index is 0.000565. The van der Waals surface area contributed by atoms with Gasteiger partial charge in [0.1, 0.15) is 4.88 Å². The molecule has 0 saturated heterocycles. The first-order valence-corrected chi connectivity index (χ1v) is 13.8. The first-order chi connectivity index (χ1) is 14.0. The van der Waals surface area contributed by atoms with Crippen LogP contribution in [0.1, 0.15) is 86.5 Å². The molecule has 2 rings (SSSR count). The van der Waals surface area contributed by atoms with Gasteiger partial charge in [-0.25, -0.2) is 4.79 Å². The van der Waals surface area contributed by atoms with Crippen molar-refractivity contribution in [1.29, 1.82) is 0 Å². The van der Waals surface area contributed by atoms with Gasteiger partial charge in [0.2, 0.25) is 8.32 Å². The summed E-state index contributed by atoms with van der Waals surface area (Å²) in [4.78, 5) is 25.3. The maximum absolute atomic E-state index is 12.5. The molecule has 0 saturated carbocycles. The van der Waals surface area contributed by atoms with Gasteiger partial charge in [-0.1, -0.05) is 47.6 Å². The summed E-state index contributed by atoms with van der Waals surface area (Å²) in [6.07, 6.45) is 0. The zero-order chi connectivity index (χ0) is 22.8. The van der Waals surface area contributed by atoms with Crippen molar-refractivity contribution in [2.75, 3.05) is 6.61 Å². The van der Waals surface area contributed by atoms with Crippen LogP contribution in [0.2, 0.25) is 16.6 Å². The van der Waals surface area contributed by atoms with E-state index < -0.39 is 8.32 Å². The smallest absolute Gasteiger partial charge is 0.348 e. The monoisotopic (exact) mass is 448 g/mol. The number of rotatable bonds is 9. The molecule has 2 aromatic rings. The molecule has 0 N–H and O–H groups in total. The van der Waals surface area contributed by atoms with Gasteiger partial charge in [0.15, 0.2) is 5.78 Å². The summed E-state index contributed by atoms with van der Waals surface area (Å²) in [6.45, 7) is 19.8. The molecule has 1 aromatic carbocycles. The predicted octanol–water partition coefficient (Wildman–Crippen LogP) is 7.28. The lowest BCUT2D eigenvalue weighted by atomic mass is 10.0. The van der Waals surface area contributed by atoms with Crippen molar-refractivity contribution >= 4 is 41.5 Å². The van der Waals surface area contributed by atoms with Gasteiger partial charge in [-0.15, -0.1) is 11.3 Å². The molecule has 0 amide bonds. The highest BCUT2D eigenvalue weighted by Crippen LogP contribution is 2.44. The molecule has 0 fully saturated rings. The molecule has 0 atom stereocenters. The highest BCUT2D eigenvalue weighted by atomic mass is 32.1.